The Bertz CT molecular complexity index is 7340. The van der Waals surface area contributed by atoms with Gasteiger partial charge in [0.05, 0.1) is 10.4 Å². The fourth-order valence-corrected chi connectivity index (χ4v) is 20.7. The Morgan fingerprint density at radius 1 is 0.243 bits per heavy atom. The number of hydrogen-bond acceptors (Lipinski definition) is 7. The second-order valence-electron chi connectivity index (χ2n) is 30.6. The number of thiophene rings is 2. The first-order valence-corrected chi connectivity index (χ1v) is 39.8. The third-order valence-corrected chi connectivity index (χ3v) is 26.0. The number of para-hydroxylation sites is 4. The lowest BCUT2D eigenvalue weighted by molar-refractivity contribution is 0.660. The van der Waals surface area contributed by atoms with Crippen LogP contribution in [0.4, 0.5) is 51.2 Å². The third kappa shape index (κ3) is 10.2. The van der Waals surface area contributed by atoms with Crippen molar-refractivity contribution in [2.75, 3.05) is 14.7 Å². The standard InChI is InChI=1S/C61H42N2OS.C43H29NOS/c1-61(2)52-24-14-12-22-47(52)48-34-32-45(37-53(48)61)63(43-20-10-5-11-21-43)54-38-46(62(42-18-8-4-9-19-42)44-30-26-40(27-31-44)39-16-6-3-7-17-39)36-51-58-56(65-60(51)54)35-29-41-28-33-50-49-23-13-15-25-55(49)64-59(50)57(41)58;1-43(2)35-14-8-6-12-30(35)31-21-18-29(25-36(31)43)44(27-10-4-3-5-11-27)28-19-22-37-34(24-28)32-20-16-26-17-23-39-41(40(26)42(32)45-37)33-13-7-9-15-38(33)46-39/h3-38H,1-2H3;3-25H,1-2H3. The van der Waals surface area contributed by atoms with E-state index in [4.69, 9.17) is 8.83 Å². The lowest BCUT2D eigenvalue weighted by Gasteiger charge is -2.31. The lowest BCUT2D eigenvalue weighted by Crippen LogP contribution is -2.17. The van der Waals surface area contributed by atoms with E-state index in [9.17, 15) is 0 Å². The number of anilines is 9. The fraction of sp³-hybridized carbons (Fsp3) is 0.0577. The molecule has 526 valence electrons. The average molecular weight is 1460 g/mol. The number of furan rings is 2. The zero-order chi connectivity index (χ0) is 73.8. The van der Waals surface area contributed by atoms with Crippen molar-refractivity contribution in [3.8, 4) is 33.4 Å². The van der Waals surface area contributed by atoms with Gasteiger partial charge in [0, 0.05) is 124 Å². The maximum Gasteiger partial charge on any atom is 0.143 e. The number of fused-ring (bicyclic) bond motifs is 24. The highest BCUT2D eigenvalue weighted by Crippen LogP contribution is 2.57. The van der Waals surface area contributed by atoms with Crippen LogP contribution in [0.15, 0.2) is 367 Å². The molecule has 2 aliphatic rings. The molecule has 0 atom stereocenters. The summed E-state index contributed by atoms with van der Waals surface area (Å²) in [6.07, 6.45) is 0. The van der Waals surface area contributed by atoms with Crippen molar-refractivity contribution in [3.05, 3.63) is 380 Å². The molecule has 0 fully saturated rings. The minimum Gasteiger partial charge on any atom is -0.455 e. The maximum atomic E-state index is 6.85. The molecule has 0 unspecified atom stereocenters. The van der Waals surface area contributed by atoms with Crippen LogP contribution in [-0.2, 0) is 10.8 Å². The van der Waals surface area contributed by atoms with Crippen molar-refractivity contribution < 1.29 is 8.83 Å². The van der Waals surface area contributed by atoms with Gasteiger partial charge in [-0.05, 0) is 206 Å². The summed E-state index contributed by atoms with van der Waals surface area (Å²) in [6.45, 7) is 9.42. The molecule has 4 aromatic heterocycles. The normalized spacial score (nSPS) is 13.2. The molecule has 0 spiro atoms. The van der Waals surface area contributed by atoms with Gasteiger partial charge in [-0.2, -0.15) is 0 Å². The Morgan fingerprint density at radius 3 is 1.27 bits per heavy atom. The smallest absolute Gasteiger partial charge is 0.143 e. The van der Waals surface area contributed by atoms with E-state index in [2.05, 4.69) is 400 Å². The van der Waals surface area contributed by atoms with Crippen LogP contribution in [0.2, 0.25) is 0 Å². The Labute approximate surface area is 650 Å². The van der Waals surface area contributed by atoms with Crippen LogP contribution in [0.3, 0.4) is 0 Å². The number of rotatable bonds is 10. The largest absolute Gasteiger partial charge is 0.455 e. The molecule has 111 heavy (non-hydrogen) atoms. The molecule has 7 heteroatoms. The van der Waals surface area contributed by atoms with Crippen LogP contribution in [0.5, 0.6) is 0 Å². The quantitative estimate of drug-likeness (QED) is 0.136. The Kier molecular flexibility index (Phi) is 14.7. The second-order valence-corrected chi connectivity index (χ2v) is 32.7. The highest BCUT2D eigenvalue weighted by Gasteiger charge is 2.38. The predicted molar refractivity (Wildman–Crippen MR) is 473 cm³/mol. The van der Waals surface area contributed by atoms with Gasteiger partial charge in [-0.1, -0.05) is 246 Å². The number of nitrogens with zero attached hydrogens (tertiary/aromatic N) is 3. The molecule has 17 aromatic carbocycles. The van der Waals surface area contributed by atoms with Crippen molar-refractivity contribution in [1.82, 2.24) is 0 Å². The van der Waals surface area contributed by atoms with Crippen molar-refractivity contribution in [3.63, 3.8) is 0 Å². The third-order valence-electron chi connectivity index (χ3n) is 23.7. The van der Waals surface area contributed by atoms with Gasteiger partial charge in [-0.25, -0.2) is 0 Å². The highest BCUT2D eigenvalue weighted by molar-refractivity contribution is 7.27. The first-order chi connectivity index (χ1) is 54.6. The maximum absolute atomic E-state index is 6.85. The molecule has 0 amide bonds. The molecule has 2 aliphatic carbocycles. The minimum absolute atomic E-state index is 0.0762. The molecule has 23 rings (SSSR count). The van der Waals surface area contributed by atoms with Crippen LogP contribution in [-0.4, -0.2) is 0 Å². The first-order valence-electron chi connectivity index (χ1n) is 38.2. The lowest BCUT2D eigenvalue weighted by atomic mass is 9.82. The summed E-state index contributed by atoms with van der Waals surface area (Å²) in [5, 5.41) is 14.2. The summed E-state index contributed by atoms with van der Waals surface area (Å²) in [4.78, 5) is 7.28. The van der Waals surface area contributed by atoms with E-state index in [0.29, 0.717) is 0 Å². The molecule has 5 nitrogen and oxygen atoms in total. The first kappa shape index (κ1) is 64.8. The molecule has 0 bridgehead atoms. The van der Waals surface area contributed by atoms with E-state index in [1.165, 1.54) is 107 Å². The Morgan fingerprint density at radius 2 is 0.658 bits per heavy atom. The van der Waals surface area contributed by atoms with Crippen molar-refractivity contribution in [2.45, 2.75) is 38.5 Å². The monoisotopic (exact) mass is 1460 g/mol. The second kappa shape index (κ2) is 25.1. The van der Waals surface area contributed by atoms with E-state index in [1.807, 2.05) is 22.7 Å². The molecule has 0 saturated carbocycles. The molecular formula is C104H71N3O2S2. The van der Waals surface area contributed by atoms with Gasteiger partial charge >= 0.3 is 0 Å². The SMILES string of the molecule is CC1(C)c2ccccc2-c2ccc(N(c3ccccc3)c3cc(N(c4ccccc4)c4ccc(-c5ccccc5)cc4)cc4c3sc3ccc5ccc6c7ccccc7oc6c5c34)cc21.CC1(C)c2ccccc2-c2ccc(N(c3ccccc3)c3ccc4oc5c(ccc6ccc7sc8ccccc8c7c65)c4c3)cc21. The summed E-state index contributed by atoms with van der Waals surface area (Å²) in [7, 11) is 0. The van der Waals surface area contributed by atoms with Gasteiger partial charge in [0.15, 0.2) is 0 Å². The van der Waals surface area contributed by atoms with Gasteiger partial charge in [-0.15, -0.1) is 22.7 Å². The summed E-state index contributed by atoms with van der Waals surface area (Å²) in [5.41, 5.74) is 26.5. The summed E-state index contributed by atoms with van der Waals surface area (Å²) >= 11 is 3.71. The van der Waals surface area contributed by atoms with Crippen LogP contribution in [0, 0.1) is 0 Å². The molecular weight excluding hydrogens is 1390 g/mol. The molecule has 0 N–H and O–H groups in total. The van der Waals surface area contributed by atoms with E-state index < -0.39 is 0 Å². The average Bonchev–Trinajstić information content (AvgIpc) is 1.59. The highest BCUT2D eigenvalue weighted by atomic mass is 32.1. The van der Waals surface area contributed by atoms with Crippen LogP contribution < -0.4 is 14.7 Å². The van der Waals surface area contributed by atoms with E-state index in [-0.39, 0.29) is 10.8 Å². The van der Waals surface area contributed by atoms with Crippen molar-refractivity contribution in [1.29, 1.82) is 0 Å². The molecule has 0 radical (unpaired) electrons. The fourth-order valence-electron chi connectivity index (χ4n) is 18.4. The number of hydrogen-bond donors (Lipinski definition) is 0. The van der Waals surface area contributed by atoms with Gasteiger partial charge in [0.2, 0.25) is 0 Å². The Balaban J connectivity index is 0.000000145. The van der Waals surface area contributed by atoms with Crippen molar-refractivity contribution in [2.24, 2.45) is 0 Å². The summed E-state index contributed by atoms with van der Waals surface area (Å²) in [6, 6.07) is 130. The van der Waals surface area contributed by atoms with E-state index in [1.54, 1.807) is 0 Å². The molecule has 0 aliphatic heterocycles. The van der Waals surface area contributed by atoms with Crippen LogP contribution >= 0.6 is 22.7 Å². The molecule has 0 saturated heterocycles. The van der Waals surface area contributed by atoms with Crippen LogP contribution in [0.25, 0.3) is 139 Å². The van der Waals surface area contributed by atoms with Crippen LogP contribution in [0.1, 0.15) is 49.9 Å². The zero-order valence-electron chi connectivity index (χ0n) is 61.5. The topological polar surface area (TPSA) is 36.0 Å². The summed E-state index contributed by atoms with van der Waals surface area (Å²) < 4.78 is 18.6. The van der Waals surface area contributed by atoms with Gasteiger partial charge < -0.3 is 23.5 Å². The van der Waals surface area contributed by atoms with E-state index in [0.717, 1.165) is 106 Å². The molecule has 4 heterocycles. The molecule has 21 aromatic rings. The van der Waals surface area contributed by atoms with Gasteiger partial charge in [0.1, 0.15) is 22.3 Å². The number of benzene rings is 17. The van der Waals surface area contributed by atoms with E-state index >= 15 is 0 Å². The summed E-state index contributed by atoms with van der Waals surface area (Å²) in [5.74, 6) is 0. The van der Waals surface area contributed by atoms with Gasteiger partial charge in [-0.3, -0.25) is 0 Å². The predicted octanol–water partition coefficient (Wildman–Crippen LogP) is 30.9. The van der Waals surface area contributed by atoms with Gasteiger partial charge in [0.25, 0.3) is 0 Å². The zero-order valence-corrected chi connectivity index (χ0v) is 63.2. The Hall–Kier alpha value is -13.3. The van der Waals surface area contributed by atoms with Crippen molar-refractivity contribution >= 4 is 180 Å². The minimum atomic E-state index is -0.161.